The van der Waals surface area contributed by atoms with E-state index in [9.17, 15) is 22.8 Å². The van der Waals surface area contributed by atoms with Crippen LogP contribution in [0.4, 0.5) is 23.8 Å². The van der Waals surface area contributed by atoms with E-state index in [-0.39, 0.29) is 6.04 Å². The number of carbonyl (C=O) groups is 2. The lowest BCUT2D eigenvalue weighted by Gasteiger charge is -2.41. The van der Waals surface area contributed by atoms with Gasteiger partial charge in [0.25, 0.3) is 0 Å². The number of amides is 3. The molecule has 0 spiro atoms. The van der Waals surface area contributed by atoms with Gasteiger partial charge in [-0.25, -0.2) is 9.78 Å². The number of aryl methyl sites for hydroxylation is 2. The number of nitrogens with one attached hydrogen (secondary N) is 3. The lowest BCUT2D eigenvalue weighted by atomic mass is 10.1. The highest BCUT2D eigenvalue weighted by Crippen LogP contribution is 2.34. The second kappa shape index (κ2) is 9.12. The number of halogens is 3. The molecule has 1 saturated heterocycles. The van der Waals surface area contributed by atoms with Gasteiger partial charge in [0.1, 0.15) is 23.7 Å². The van der Waals surface area contributed by atoms with Crippen molar-refractivity contribution in [2.75, 3.05) is 18.4 Å². The number of alkyl halides is 3. The van der Waals surface area contributed by atoms with Crippen molar-refractivity contribution in [3.8, 4) is 11.1 Å². The van der Waals surface area contributed by atoms with E-state index in [4.69, 9.17) is 0 Å². The summed E-state index contributed by atoms with van der Waals surface area (Å²) in [4.78, 5) is 34.0. The molecule has 3 aliphatic heterocycles. The second-order valence-electron chi connectivity index (χ2n) is 9.41. The summed E-state index contributed by atoms with van der Waals surface area (Å²) in [6, 6.07) is -0.0955. The van der Waals surface area contributed by atoms with E-state index in [1.165, 1.54) is 6.08 Å². The van der Waals surface area contributed by atoms with Gasteiger partial charge in [-0.2, -0.15) is 18.3 Å². The quantitative estimate of drug-likeness (QED) is 0.577. The Labute approximate surface area is 211 Å². The minimum atomic E-state index is -4.56. The first kappa shape index (κ1) is 24.7. The smallest absolute Gasteiger partial charge is 0.366 e. The molecule has 3 aliphatic rings. The summed E-state index contributed by atoms with van der Waals surface area (Å²) in [6.45, 7) is 4.11. The van der Waals surface area contributed by atoms with Crippen LogP contribution in [-0.2, 0) is 11.8 Å². The molecule has 0 saturated carbocycles. The Kier molecular flexibility index (Phi) is 6.08. The molecule has 2 aromatic heterocycles. The zero-order valence-corrected chi connectivity index (χ0v) is 20.5. The monoisotopic (exact) mass is 516 g/mol. The van der Waals surface area contributed by atoms with Crippen molar-refractivity contribution in [1.82, 2.24) is 35.2 Å². The number of aromatic nitrogens is 3. The molecule has 0 aliphatic carbocycles. The lowest BCUT2D eigenvalue weighted by molar-refractivity contribution is -0.158. The van der Waals surface area contributed by atoms with Gasteiger partial charge in [-0.1, -0.05) is 6.08 Å². The molecule has 1 fully saturated rings. The molecule has 3 N–H and O–H groups in total. The molecule has 10 nitrogen and oxygen atoms in total. The van der Waals surface area contributed by atoms with Crippen molar-refractivity contribution in [2.45, 2.75) is 44.6 Å². The first-order valence-electron chi connectivity index (χ1n) is 11.9. The van der Waals surface area contributed by atoms with Crippen molar-refractivity contribution in [2.24, 2.45) is 7.05 Å². The average molecular weight is 517 g/mol. The number of anilines is 1. The molecule has 13 heteroatoms. The van der Waals surface area contributed by atoms with Gasteiger partial charge in [0.15, 0.2) is 0 Å². The number of nitrogens with zero attached hydrogens (tertiary/aromatic N) is 5. The minimum absolute atomic E-state index is 0.167. The number of hydrogen-bond acceptors (Lipinski definition) is 6. The predicted octanol–water partition coefficient (Wildman–Crippen LogP) is 2.48. The van der Waals surface area contributed by atoms with Gasteiger partial charge in [-0.15, -0.1) is 0 Å². The van der Waals surface area contributed by atoms with Crippen molar-refractivity contribution in [1.29, 1.82) is 0 Å². The number of hydrogen-bond donors (Lipinski definition) is 3. The number of carbonyl (C=O) groups excluding carboxylic acids is 2. The molecule has 3 atom stereocenters. The van der Waals surface area contributed by atoms with E-state index < -0.39 is 30.2 Å². The Morgan fingerprint density at radius 2 is 2.08 bits per heavy atom. The largest absolute Gasteiger partial charge is 0.408 e. The van der Waals surface area contributed by atoms with Crippen LogP contribution >= 0.6 is 0 Å². The molecule has 0 aromatic carbocycles. The van der Waals surface area contributed by atoms with Crippen LogP contribution in [0.25, 0.3) is 11.1 Å². The van der Waals surface area contributed by atoms with Gasteiger partial charge < -0.3 is 15.5 Å². The highest BCUT2D eigenvalue weighted by atomic mass is 19.4. The Balaban J connectivity index is 1.36. The Morgan fingerprint density at radius 1 is 1.30 bits per heavy atom. The molecule has 0 radical (unpaired) electrons. The lowest BCUT2D eigenvalue weighted by Crippen LogP contribution is -2.57. The zero-order valence-electron chi connectivity index (χ0n) is 20.5. The van der Waals surface area contributed by atoms with Gasteiger partial charge in [-0.05, 0) is 44.0 Å². The van der Waals surface area contributed by atoms with Crippen LogP contribution in [0.15, 0.2) is 48.2 Å². The van der Waals surface area contributed by atoms with Gasteiger partial charge in [-0.3, -0.25) is 19.7 Å². The maximum absolute atomic E-state index is 13.5. The number of fused-ring (bicyclic) bond motifs is 3. The third kappa shape index (κ3) is 4.72. The molecule has 5 rings (SSSR count). The molecule has 37 heavy (non-hydrogen) atoms. The van der Waals surface area contributed by atoms with E-state index in [0.29, 0.717) is 30.3 Å². The third-order valence-electron chi connectivity index (χ3n) is 6.76. The fraction of sp³-hybridized carbons (Fsp3) is 0.417. The zero-order chi connectivity index (χ0) is 26.5. The number of rotatable bonds is 4. The van der Waals surface area contributed by atoms with Crippen molar-refractivity contribution < 1.29 is 22.8 Å². The molecule has 1 unspecified atom stereocenters. The fourth-order valence-electron chi connectivity index (χ4n) is 4.86. The van der Waals surface area contributed by atoms with E-state index in [1.807, 2.05) is 31.6 Å². The molecule has 2 bridgehead atoms. The molecular formula is C24H27F3N8O2. The molecule has 3 amide bonds. The molecule has 196 valence electrons. The third-order valence-corrected chi connectivity index (χ3v) is 6.76. The molecule has 5 heterocycles. The van der Waals surface area contributed by atoms with Crippen LogP contribution in [0.2, 0.25) is 0 Å². The highest BCUT2D eigenvalue weighted by molar-refractivity contribution is 5.91. The van der Waals surface area contributed by atoms with Crippen LogP contribution in [0, 0.1) is 6.92 Å². The normalized spacial score (nSPS) is 21.5. The summed E-state index contributed by atoms with van der Waals surface area (Å²) < 4.78 is 40.6. The maximum Gasteiger partial charge on any atom is 0.408 e. The van der Waals surface area contributed by atoms with Crippen LogP contribution in [0.1, 0.15) is 19.0 Å². The number of dihydropyridines is 1. The number of allylic oxidation sites excluding steroid dienone is 1. The van der Waals surface area contributed by atoms with Crippen molar-refractivity contribution in [3.63, 3.8) is 0 Å². The van der Waals surface area contributed by atoms with Gasteiger partial charge in [0.05, 0.1) is 17.4 Å². The van der Waals surface area contributed by atoms with E-state index >= 15 is 0 Å². The van der Waals surface area contributed by atoms with Gasteiger partial charge in [0.2, 0.25) is 5.91 Å². The van der Waals surface area contributed by atoms with E-state index in [2.05, 4.69) is 25.6 Å². The standard InChI is InChI=1S/C24H27F3N8O2/c1-13-17(12-33(3)32-13)15-6-8-28-20(10-15)31-23(37)35-16-7-9-34(11-16)19-5-4-18(30-21(19)35)22(36)29-14(2)24(25,26)27/h4-6,8,10,12,14,16,18,30H,7,9,11H2,1-3H3,(H,29,36)(H,28,31,37)/t14-,16+,18?/m1/s1. The summed E-state index contributed by atoms with van der Waals surface area (Å²) in [5.74, 6) is -0.108. The van der Waals surface area contributed by atoms with E-state index in [0.717, 1.165) is 30.3 Å². The first-order chi connectivity index (χ1) is 17.5. The Morgan fingerprint density at radius 3 is 2.78 bits per heavy atom. The van der Waals surface area contributed by atoms with Crippen molar-refractivity contribution >= 4 is 17.8 Å². The summed E-state index contributed by atoms with van der Waals surface area (Å²) in [7, 11) is 1.83. The van der Waals surface area contributed by atoms with Crippen LogP contribution in [0.5, 0.6) is 0 Å². The SMILES string of the molecule is Cc1nn(C)cc1-c1ccnc(NC(=O)N2C3=C(C=CC(C(=O)N[C@H](C)C(F)(F)F)N3)N3CC[C@H]2C3)c1. The van der Waals surface area contributed by atoms with Crippen LogP contribution in [-0.4, -0.2) is 73.9 Å². The minimum Gasteiger partial charge on any atom is -0.366 e. The van der Waals surface area contributed by atoms with Crippen LogP contribution < -0.4 is 16.0 Å². The van der Waals surface area contributed by atoms with Crippen molar-refractivity contribution in [3.05, 3.63) is 53.9 Å². The Hall–Kier alpha value is -4.03. The summed E-state index contributed by atoms with van der Waals surface area (Å²) in [5, 5.41) is 12.2. The highest BCUT2D eigenvalue weighted by Gasteiger charge is 2.43. The molecule has 2 aromatic rings. The van der Waals surface area contributed by atoms with Crippen LogP contribution in [0.3, 0.4) is 0 Å². The first-order valence-corrected chi connectivity index (χ1v) is 11.9. The second-order valence-corrected chi connectivity index (χ2v) is 9.41. The number of urea groups is 1. The van der Waals surface area contributed by atoms with Gasteiger partial charge >= 0.3 is 12.2 Å². The topological polar surface area (TPSA) is 107 Å². The Bertz CT molecular complexity index is 1300. The predicted molar refractivity (Wildman–Crippen MR) is 129 cm³/mol. The molecular weight excluding hydrogens is 489 g/mol. The fourth-order valence-corrected chi connectivity index (χ4v) is 4.86. The maximum atomic E-state index is 13.5. The summed E-state index contributed by atoms with van der Waals surface area (Å²) in [6.07, 6.45) is 2.82. The number of pyridine rings is 1. The summed E-state index contributed by atoms with van der Waals surface area (Å²) in [5.41, 5.74) is 3.31. The average Bonchev–Trinajstić information content (AvgIpc) is 3.41. The van der Waals surface area contributed by atoms with E-state index in [1.54, 1.807) is 27.9 Å². The van der Waals surface area contributed by atoms with Gasteiger partial charge in [0, 0.05) is 38.1 Å². The summed E-state index contributed by atoms with van der Waals surface area (Å²) >= 11 is 0.